The Morgan fingerprint density at radius 3 is 2.71 bits per heavy atom. The number of amides is 1. The lowest BCUT2D eigenvalue weighted by Gasteiger charge is -2.18. The van der Waals surface area contributed by atoms with Gasteiger partial charge in [0.15, 0.2) is 0 Å². The third-order valence-electron chi connectivity index (χ3n) is 3.66. The predicted octanol–water partition coefficient (Wildman–Crippen LogP) is 3.59. The molecule has 0 saturated carbocycles. The van der Waals surface area contributed by atoms with Crippen molar-refractivity contribution in [1.82, 2.24) is 4.90 Å². The molecular formula is C17H18N2O2S3. The summed E-state index contributed by atoms with van der Waals surface area (Å²) in [5.74, 6) is -0.0158. The van der Waals surface area contributed by atoms with E-state index in [9.17, 15) is 9.90 Å². The largest absolute Gasteiger partial charge is 0.395 e. The molecule has 1 aromatic rings. The molecule has 0 aliphatic carbocycles. The summed E-state index contributed by atoms with van der Waals surface area (Å²) in [6, 6.07) is 8.09. The molecule has 0 aromatic heterocycles. The second kappa shape index (κ2) is 7.74. The number of anilines is 1. The van der Waals surface area contributed by atoms with Crippen molar-refractivity contribution in [3.63, 3.8) is 0 Å². The molecule has 3 rings (SSSR count). The quantitative estimate of drug-likeness (QED) is 0.624. The topological polar surface area (TPSA) is 43.8 Å². The van der Waals surface area contributed by atoms with Crippen molar-refractivity contribution in [2.24, 2.45) is 0 Å². The van der Waals surface area contributed by atoms with Crippen molar-refractivity contribution in [2.75, 3.05) is 24.6 Å². The third-order valence-corrected chi connectivity index (χ3v) is 6.19. The molecule has 0 bridgehead atoms. The van der Waals surface area contributed by atoms with Crippen molar-refractivity contribution in [3.05, 3.63) is 46.4 Å². The van der Waals surface area contributed by atoms with E-state index in [4.69, 9.17) is 12.2 Å². The van der Waals surface area contributed by atoms with Gasteiger partial charge in [0.1, 0.15) is 4.32 Å². The number of hydrogen-bond acceptors (Lipinski definition) is 6. The van der Waals surface area contributed by atoms with Crippen molar-refractivity contribution < 1.29 is 9.90 Å². The molecule has 1 N–H and O–H groups in total. The first-order valence-electron chi connectivity index (χ1n) is 7.76. The minimum absolute atomic E-state index is 0.0158. The molecule has 2 heterocycles. The molecule has 2 aliphatic rings. The summed E-state index contributed by atoms with van der Waals surface area (Å²) in [5.41, 5.74) is 1.09. The molecular weight excluding hydrogens is 360 g/mol. The van der Waals surface area contributed by atoms with Crippen LogP contribution in [0.2, 0.25) is 0 Å². The fourth-order valence-corrected chi connectivity index (χ4v) is 4.93. The van der Waals surface area contributed by atoms with Gasteiger partial charge in [-0.3, -0.25) is 9.69 Å². The van der Waals surface area contributed by atoms with Crippen LogP contribution in [0.4, 0.5) is 5.69 Å². The third kappa shape index (κ3) is 3.39. The number of aliphatic hydroxyl groups excluding tert-OH is 1. The summed E-state index contributed by atoms with van der Waals surface area (Å²) in [7, 11) is 0. The Hall–Kier alpha value is -1.28. The highest BCUT2D eigenvalue weighted by molar-refractivity contribution is 8.26. The van der Waals surface area contributed by atoms with Crippen molar-refractivity contribution in [2.45, 2.75) is 18.2 Å². The van der Waals surface area contributed by atoms with E-state index in [1.165, 1.54) is 11.8 Å². The Labute approximate surface area is 155 Å². The van der Waals surface area contributed by atoms with Gasteiger partial charge < -0.3 is 10.0 Å². The summed E-state index contributed by atoms with van der Waals surface area (Å²) in [6.07, 6.45) is 4.67. The molecule has 7 heteroatoms. The SMILES string of the molecule is CCCN1C(=O)/C(=C\C=C2/Sc3ccccc3N2CCO)SC1=S. The minimum Gasteiger partial charge on any atom is -0.395 e. The summed E-state index contributed by atoms with van der Waals surface area (Å²) in [4.78, 5) is 17.9. The van der Waals surface area contributed by atoms with Gasteiger partial charge in [-0.25, -0.2) is 0 Å². The van der Waals surface area contributed by atoms with Crippen LogP contribution in [-0.4, -0.2) is 39.9 Å². The second-order valence-corrected chi connectivity index (χ2v) is 8.04. The van der Waals surface area contributed by atoms with Crippen molar-refractivity contribution in [3.8, 4) is 0 Å². The van der Waals surface area contributed by atoms with E-state index in [0.717, 1.165) is 22.0 Å². The van der Waals surface area contributed by atoms with Crippen LogP contribution < -0.4 is 4.90 Å². The van der Waals surface area contributed by atoms with Gasteiger partial charge in [-0.1, -0.05) is 54.8 Å². The van der Waals surface area contributed by atoms with Gasteiger partial charge >= 0.3 is 0 Å². The lowest BCUT2D eigenvalue weighted by atomic mass is 10.3. The lowest BCUT2D eigenvalue weighted by molar-refractivity contribution is -0.122. The number of carbonyl (C=O) groups excluding carboxylic acids is 1. The smallest absolute Gasteiger partial charge is 0.266 e. The number of β-amino-alcohol motifs (C(OH)–C–C–N with tert-alkyl or cyclic N) is 1. The first-order chi connectivity index (χ1) is 11.7. The number of hydrogen-bond donors (Lipinski definition) is 1. The van der Waals surface area contributed by atoms with Crippen LogP contribution in [0.5, 0.6) is 0 Å². The monoisotopic (exact) mass is 378 g/mol. The number of aliphatic hydroxyl groups is 1. The van der Waals surface area contributed by atoms with Crippen molar-refractivity contribution >= 4 is 51.7 Å². The average molecular weight is 379 g/mol. The Balaban J connectivity index is 1.84. The summed E-state index contributed by atoms with van der Waals surface area (Å²) in [6.45, 7) is 3.30. The molecule has 0 spiro atoms. The van der Waals surface area contributed by atoms with E-state index < -0.39 is 0 Å². The first kappa shape index (κ1) is 17.5. The molecule has 1 saturated heterocycles. The number of para-hydroxylation sites is 1. The lowest BCUT2D eigenvalue weighted by Crippen LogP contribution is -2.28. The van der Waals surface area contributed by atoms with E-state index in [1.807, 2.05) is 37.3 Å². The van der Waals surface area contributed by atoms with Gasteiger partial charge in [0.05, 0.1) is 22.2 Å². The molecule has 0 radical (unpaired) electrons. The summed E-state index contributed by atoms with van der Waals surface area (Å²) < 4.78 is 0.626. The zero-order chi connectivity index (χ0) is 17.1. The Kier molecular flexibility index (Phi) is 5.65. The predicted molar refractivity (Wildman–Crippen MR) is 105 cm³/mol. The highest BCUT2D eigenvalue weighted by Gasteiger charge is 2.31. The fraction of sp³-hybridized carbons (Fsp3) is 0.294. The number of thioether (sulfide) groups is 2. The number of fused-ring (bicyclic) bond motifs is 1. The highest BCUT2D eigenvalue weighted by atomic mass is 32.2. The standard InChI is InChI=1S/C17H18N2O2S3/c1-2-9-19-16(21)14(24-17(19)22)7-8-15-18(10-11-20)12-5-3-4-6-13(12)23-15/h3-8,20H,2,9-11H2,1H3/b14-7+,15-8-. The van der Waals surface area contributed by atoms with Crippen LogP contribution in [0.15, 0.2) is 51.2 Å². The van der Waals surface area contributed by atoms with Gasteiger partial charge in [0.2, 0.25) is 0 Å². The van der Waals surface area contributed by atoms with Crippen LogP contribution >= 0.6 is 35.7 Å². The van der Waals surface area contributed by atoms with Crippen LogP contribution in [0.1, 0.15) is 13.3 Å². The van der Waals surface area contributed by atoms with Gasteiger partial charge in [-0.2, -0.15) is 0 Å². The van der Waals surface area contributed by atoms with Crippen LogP contribution in [0, 0.1) is 0 Å². The fourth-order valence-electron chi connectivity index (χ4n) is 2.59. The number of carbonyl (C=O) groups is 1. The highest BCUT2D eigenvalue weighted by Crippen LogP contribution is 2.45. The maximum atomic E-state index is 12.4. The number of rotatable bonds is 5. The van der Waals surface area contributed by atoms with Crippen molar-refractivity contribution in [1.29, 1.82) is 0 Å². The summed E-state index contributed by atoms with van der Waals surface area (Å²) in [5, 5.41) is 10.4. The summed E-state index contributed by atoms with van der Waals surface area (Å²) >= 11 is 8.28. The van der Waals surface area contributed by atoms with E-state index in [0.29, 0.717) is 22.3 Å². The second-order valence-electron chi connectivity index (χ2n) is 5.31. The Bertz CT molecular complexity index is 730. The van der Waals surface area contributed by atoms with Crippen LogP contribution in [0.3, 0.4) is 0 Å². The van der Waals surface area contributed by atoms with Gasteiger partial charge in [0, 0.05) is 18.0 Å². The zero-order valence-electron chi connectivity index (χ0n) is 13.3. The molecule has 1 amide bonds. The maximum absolute atomic E-state index is 12.4. The van der Waals surface area contributed by atoms with Crippen LogP contribution in [0.25, 0.3) is 0 Å². The van der Waals surface area contributed by atoms with Gasteiger partial charge in [-0.05, 0) is 30.7 Å². The van der Waals surface area contributed by atoms with E-state index in [2.05, 4.69) is 11.0 Å². The van der Waals surface area contributed by atoms with E-state index in [-0.39, 0.29) is 12.5 Å². The number of benzene rings is 1. The van der Waals surface area contributed by atoms with Gasteiger partial charge in [-0.15, -0.1) is 0 Å². The van der Waals surface area contributed by atoms with E-state index in [1.54, 1.807) is 16.7 Å². The van der Waals surface area contributed by atoms with Gasteiger partial charge in [0.25, 0.3) is 5.91 Å². The number of thiocarbonyl (C=S) groups is 1. The molecule has 1 aromatic carbocycles. The number of allylic oxidation sites excluding steroid dienone is 2. The molecule has 126 valence electrons. The molecule has 0 atom stereocenters. The Morgan fingerprint density at radius 1 is 1.17 bits per heavy atom. The maximum Gasteiger partial charge on any atom is 0.266 e. The molecule has 24 heavy (non-hydrogen) atoms. The number of nitrogens with zero attached hydrogens (tertiary/aromatic N) is 2. The Morgan fingerprint density at radius 2 is 1.96 bits per heavy atom. The molecule has 0 unspecified atom stereocenters. The molecule has 2 aliphatic heterocycles. The minimum atomic E-state index is -0.0158. The average Bonchev–Trinajstić information content (AvgIpc) is 3.06. The molecule has 1 fully saturated rings. The van der Waals surface area contributed by atoms with E-state index >= 15 is 0 Å². The molecule has 4 nitrogen and oxygen atoms in total. The van der Waals surface area contributed by atoms with Crippen LogP contribution in [-0.2, 0) is 4.79 Å². The normalized spacial score (nSPS) is 20.6. The first-order valence-corrected chi connectivity index (χ1v) is 9.80. The zero-order valence-corrected chi connectivity index (χ0v) is 15.7.